The predicted molar refractivity (Wildman–Crippen MR) is 129 cm³/mol. The Morgan fingerprint density at radius 2 is 1.88 bits per heavy atom. The molecule has 0 aromatic heterocycles. The minimum atomic E-state index is -0.146. The monoisotopic (exact) mass is 444 g/mol. The predicted octanol–water partition coefficient (Wildman–Crippen LogP) is 4.78. The maximum atomic E-state index is 13.0. The first-order valence-corrected chi connectivity index (χ1v) is 11.1. The number of nitrogens with one attached hydrogen (secondary N) is 1. The summed E-state index contributed by atoms with van der Waals surface area (Å²) in [6.45, 7) is 0.552. The van der Waals surface area contributed by atoms with E-state index in [9.17, 15) is 9.59 Å². The van der Waals surface area contributed by atoms with Crippen molar-refractivity contribution in [3.05, 3.63) is 94.4 Å². The van der Waals surface area contributed by atoms with E-state index in [0.717, 1.165) is 28.3 Å². The van der Waals surface area contributed by atoms with Gasteiger partial charge in [0.15, 0.2) is 0 Å². The summed E-state index contributed by atoms with van der Waals surface area (Å²) in [5, 5.41) is 2.96. The van der Waals surface area contributed by atoms with Crippen LogP contribution in [0, 0.1) is 0 Å². The molecule has 0 aliphatic carbocycles. The van der Waals surface area contributed by atoms with Gasteiger partial charge in [0.25, 0.3) is 11.8 Å². The van der Waals surface area contributed by atoms with E-state index in [1.54, 1.807) is 31.2 Å². The number of ether oxygens (including phenoxy) is 1. The Balaban J connectivity index is 1.48. The van der Waals surface area contributed by atoms with Crippen LogP contribution in [-0.2, 0) is 11.2 Å². The highest BCUT2D eigenvalue weighted by Crippen LogP contribution is 2.42. The number of likely N-dealkylation sites (N-methyl/N-ethyl adjacent to an activating group) is 1. The number of benzene rings is 3. The first kappa shape index (κ1) is 21.7. The second-order valence-electron chi connectivity index (χ2n) is 7.43. The fourth-order valence-corrected chi connectivity index (χ4v) is 4.58. The number of fused-ring (bicyclic) bond motifs is 1. The van der Waals surface area contributed by atoms with Crippen molar-refractivity contribution in [2.75, 3.05) is 25.6 Å². The summed E-state index contributed by atoms with van der Waals surface area (Å²) in [6, 6.07) is 23.1. The van der Waals surface area contributed by atoms with Crippen LogP contribution in [0.15, 0.2) is 82.6 Å². The van der Waals surface area contributed by atoms with Crippen molar-refractivity contribution < 1.29 is 14.3 Å². The van der Waals surface area contributed by atoms with Gasteiger partial charge in [0, 0.05) is 24.1 Å². The number of hydrogen-bond donors (Lipinski definition) is 1. The van der Waals surface area contributed by atoms with E-state index in [2.05, 4.69) is 5.32 Å². The normalized spacial score (nSPS) is 14.2. The topological polar surface area (TPSA) is 58.6 Å². The summed E-state index contributed by atoms with van der Waals surface area (Å²) in [6.07, 6.45) is 2.63. The van der Waals surface area contributed by atoms with Crippen LogP contribution >= 0.6 is 11.8 Å². The lowest BCUT2D eigenvalue weighted by Crippen LogP contribution is -2.31. The largest absolute Gasteiger partial charge is 0.497 e. The molecule has 5 nitrogen and oxygen atoms in total. The van der Waals surface area contributed by atoms with Gasteiger partial charge in [-0.25, -0.2) is 0 Å². The Morgan fingerprint density at radius 3 is 2.66 bits per heavy atom. The molecule has 0 bridgehead atoms. The minimum Gasteiger partial charge on any atom is -0.497 e. The van der Waals surface area contributed by atoms with Gasteiger partial charge >= 0.3 is 0 Å². The summed E-state index contributed by atoms with van der Waals surface area (Å²) in [4.78, 5) is 28.7. The molecule has 6 heteroatoms. The van der Waals surface area contributed by atoms with Crippen molar-refractivity contribution in [3.63, 3.8) is 0 Å². The Bertz CT molecular complexity index is 1170. The van der Waals surface area contributed by atoms with Gasteiger partial charge in [-0.3, -0.25) is 9.59 Å². The maximum absolute atomic E-state index is 13.0. The van der Waals surface area contributed by atoms with Gasteiger partial charge in [0.1, 0.15) is 5.75 Å². The molecule has 4 rings (SSSR count). The van der Waals surface area contributed by atoms with Crippen molar-refractivity contribution in [1.29, 1.82) is 0 Å². The summed E-state index contributed by atoms with van der Waals surface area (Å²) in [5.74, 6) is 0.489. The van der Waals surface area contributed by atoms with Crippen LogP contribution in [0.5, 0.6) is 5.75 Å². The third kappa shape index (κ3) is 4.86. The van der Waals surface area contributed by atoms with Gasteiger partial charge in [-0.15, -0.1) is 0 Å². The molecule has 1 aliphatic rings. The number of methoxy groups -OCH3 is 1. The Hall–Kier alpha value is -3.51. The van der Waals surface area contributed by atoms with Crippen molar-refractivity contribution in [2.24, 2.45) is 0 Å². The zero-order valence-corrected chi connectivity index (χ0v) is 18.8. The summed E-state index contributed by atoms with van der Waals surface area (Å²) in [5.41, 5.74) is 3.34. The highest BCUT2D eigenvalue weighted by Gasteiger charge is 2.27. The van der Waals surface area contributed by atoms with E-state index in [-0.39, 0.29) is 11.8 Å². The van der Waals surface area contributed by atoms with E-state index in [0.29, 0.717) is 17.0 Å². The molecule has 1 N–H and O–H groups in total. The van der Waals surface area contributed by atoms with Gasteiger partial charge < -0.3 is 15.0 Å². The van der Waals surface area contributed by atoms with Crippen LogP contribution < -0.4 is 15.0 Å². The second kappa shape index (κ2) is 9.75. The average molecular weight is 445 g/mol. The molecule has 0 saturated heterocycles. The minimum absolute atomic E-state index is 0.105. The van der Waals surface area contributed by atoms with Gasteiger partial charge in [-0.1, -0.05) is 54.2 Å². The van der Waals surface area contributed by atoms with E-state index in [4.69, 9.17) is 4.74 Å². The molecule has 1 aliphatic heterocycles. The quantitative estimate of drug-likeness (QED) is 0.556. The number of rotatable bonds is 6. The molecule has 3 aromatic rings. The average Bonchev–Trinajstić information content (AvgIpc) is 2.83. The van der Waals surface area contributed by atoms with E-state index < -0.39 is 0 Å². The summed E-state index contributed by atoms with van der Waals surface area (Å²) < 4.78 is 5.27. The molecular formula is C26H24N2O3S. The number of nitrogens with zero attached hydrogens (tertiary/aromatic N) is 1. The van der Waals surface area contributed by atoms with Crippen molar-refractivity contribution >= 4 is 35.3 Å². The molecule has 162 valence electrons. The van der Waals surface area contributed by atoms with Gasteiger partial charge in [-0.05, 0) is 54.0 Å². The first-order valence-electron chi connectivity index (χ1n) is 10.3. The summed E-state index contributed by atoms with van der Waals surface area (Å²) in [7, 11) is 3.35. The standard InChI is InChI=1S/C26H24N2O3S/c1-28-22-17-20(25(29)27-14-13-18-7-4-3-5-8-18)11-12-23(22)32-24(26(28)30)16-19-9-6-10-21(15-19)31-2/h3-12,15-17H,13-14H2,1-2H3,(H,27,29). The number of carbonyl (C=O) groups excluding carboxylic acids is 2. The fourth-order valence-electron chi connectivity index (χ4n) is 3.48. The maximum Gasteiger partial charge on any atom is 0.264 e. The molecule has 0 unspecified atom stereocenters. The fraction of sp³-hybridized carbons (Fsp3) is 0.154. The molecule has 3 aromatic carbocycles. The van der Waals surface area contributed by atoms with Crippen LogP contribution in [0.2, 0.25) is 0 Å². The second-order valence-corrected chi connectivity index (χ2v) is 8.51. The van der Waals surface area contributed by atoms with Gasteiger partial charge in [0.2, 0.25) is 0 Å². The van der Waals surface area contributed by atoms with E-state index in [1.165, 1.54) is 17.3 Å². The first-order chi connectivity index (χ1) is 15.5. The molecule has 2 amide bonds. The van der Waals surface area contributed by atoms with Gasteiger partial charge in [0.05, 0.1) is 17.7 Å². The molecule has 0 fully saturated rings. The van der Waals surface area contributed by atoms with Gasteiger partial charge in [-0.2, -0.15) is 0 Å². The lowest BCUT2D eigenvalue weighted by molar-refractivity contribution is -0.114. The van der Waals surface area contributed by atoms with Crippen LogP contribution in [-0.4, -0.2) is 32.5 Å². The van der Waals surface area contributed by atoms with Crippen molar-refractivity contribution in [2.45, 2.75) is 11.3 Å². The number of carbonyl (C=O) groups is 2. The number of thioether (sulfide) groups is 1. The van der Waals surface area contributed by atoms with Crippen LogP contribution in [0.4, 0.5) is 5.69 Å². The Labute approximate surface area is 192 Å². The summed E-state index contributed by atoms with van der Waals surface area (Å²) >= 11 is 1.41. The zero-order valence-electron chi connectivity index (χ0n) is 18.0. The van der Waals surface area contributed by atoms with Crippen LogP contribution in [0.1, 0.15) is 21.5 Å². The molecule has 0 spiro atoms. The number of hydrogen-bond acceptors (Lipinski definition) is 4. The number of amides is 2. The number of anilines is 1. The van der Waals surface area contributed by atoms with Crippen molar-refractivity contribution in [1.82, 2.24) is 5.32 Å². The smallest absolute Gasteiger partial charge is 0.264 e. The molecule has 0 radical (unpaired) electrons. The molecular weight excluding hydrogens is 420 g/mol. The van der Waals surface area contributed by atoms with E-state index >= 15 is 0 Å². The molecule has 0 saturated carbocycles. The highest BCUT2D eigenvalue weighted by molar-refractivity contribution is 8.04. The highest BCUT2D eigenvalue weighted by atomic mass is 32.2. The lowest BCUT2D eigenvalue weighted by atomic mass is 10.1. The van der Waals surface area contributed by atoms with E-state index in [1.807, 2.05) is 66.7 Å². The molecule has 1 heterocycles. The lowest BCUT2D eigenvalue weighted by Gasteiger charge is -2.27. The third-order valence-corrected chi connectivity index (χ3v) is 6.33. The Kier molecular flexibility index (Phi) is 6.61. The molecule has 32 heavy (non-hydrogen) atoms. The van der Waals surface area contributed by atoms with Crippen molar-refractivity contribution in [3.8, 4) is 5.75 Å². The van der Waals surface area contributed by atoms with Crippen LogP contribution in [0.3, 0.4) is 0 Å². The SMILES string of the molecule is COc1cccc(C=C2Sc3ccc(C(=O)NCCc4ccccc4)cc3N(C)C2=O)c1. The Morgan fingerprint density at radius 1 is 1.06 bits per heavy atom. The van der Waals surface area contributed by atoms with Crippen LogP contribution in [0.25, 0.3) is 6.08 Å². The molecule has 0 atom stereocenters. The zero-order chi connectivity index (χ0) is 22.5. The third-order valence-electron chi connectivity index (χ3n) is 5.25.